The Morgan fingerprint density at radius 1 is 1.58 bits per heavy atom. The number of thioether (sulfide) groups is 1. The van der Waals surface area contributed by atoms with Crippen LogP contribution in [-0.4, -0.2) is 46.7 Å². The van der Waals surface area contributed by atoms with Crippen LogP contribution in [0, 0.1) is 0 Å². The maximum atomic E-state index is 11.3. The van der Waals surface area contributed by atoms with Gasteiger partial charge in [0, 0.05) is 12.8 Å². The zero-order valence-corrected chi connectivity index (χ0v) is 11.7. The molecule has 9 heteroatoms. The predicted octanol–water partition coefficient (Wildman–Crippen LogP) is -1.29. The minimum atomic E-state index is -0.821. The Morgan fingerprint density at radius 3 is 2.84 bits per heavy atom. The summed E-state index contributed by atoms with van der Waals surface area (Å²) in [6, 6.07) is -0.405. The molecule has 2 N–H and O–H groups in total. The van der Waals surface area contributed by atoms with Crippen molar-refractivity contribution >= 4 is 17.7 Å². The van der Waals surface area contributed by atoms with Crippen LogP contribution < -0.4 is 16.4 Å². The predicted molar refractivity (Wildman–Crippen MR) is 70.3 cm³/mol. The van der Waals surface area contributed by atoms with Gasteiger partial charge in [-0.2, -0.15) is 4.98 Å². The first-order valence-electron chi connectivity index (χ1n) is 5.54. The van der Waals surface area contributed by atoms with Gasteiger partial charge in [-0.25, -0.2) is 0 Å². The molecule has 0 amide bonds. The monoisotopic (exact) mass is 288 g/mol. The number of hydrogen-bond acceptors (Lipinski definition) is 7. The van der Waals surface area contributed by atoms with Gasteiger partial charge in [0.1, 0.15) is 6.04 Å². The highest BCUT2D eigenvalue weighted by molar-refractivity contribution is 7.99. The van der Waals surface area contributed by atoms with Crippen molar-refractivity contribution in [3.8, 4) is 0 Å². The molecule has 8 nitrogen and oxygen atoms in total. The lowest BCUT2D eigenvalue weighted by Crippen LogP contribution is -2.36. The number of likely N-dealkylation sites (N-methyl/N-ethyl adjacent to an activating group) is 1. The van der Waals surface area contributed by atoms with Crippen molar-refractivity contribution in [2.24, 2.45) is 7.05 Å². The van der Waals surface area contributed by atoms with Crippen LogP contribution >= 0.6 is 11.8 Å². The Bertz CT molecular complexity index is 553. The van der Waals surface area contributed by atoms with Gasteiger partial charge in [0.05, 0.1) is 7.11 Å². The summed E-state index contributed by atoms with van der Waals surface area (Å²) in [6.45, 7) is 0. The number of ether oxygens (including phenoxy) is 1. The Hall–Kier alpha value is -1.61. The molecule has 0 aliphatic carbocycles. The highest BCUT2D eigenvalue weighted by Gasteiger charge is 2.16. The number of H-pyrrole nitrogens is 1. The molecule has 1 unspecified atom stereocenters. The Morgan fingerprint density at radius 2 is 2.26 bits per heavy atom. The van der Waals surface area contributed by atoms with Crippen LogP contribution in [0.3, 0.4) is 0 Å². The zero-order chi connectivity index (χ0) is 14.4. The first-order valence-corrected chi connectivity index (χ1v) is 6.53. The van der Waals surface area contributed by atoms with E-state index in [2.05, 4.69) is 20.1 Å². The lowest BCUT2D eigenvalue weighted by molar-refractivity contribution is -0.143. The van der Waals surface area contributed by atoms with E-state index in [4.69, 9.17) is 0 Å². The van der Waals surface area contributed by atoms with E-state index in [1.54, 1.807) is 14.1 Å². The molecule has 0 saturated carbocycles. The van der Waals surface area contributed by atoms with Gasteiger partial charge >= 0.3 is 17.1 Å². The van der Waals surface area contributed by atoms with Crippen LogP contribution in [0.1, 0.15) is 6.42 Å². The van der Waals surface area contributed by atoms with Crippen molar-refractivity contribution in [1.29, 1.82) is 0 Å². The molecule has 0 aliphatic rings. The summed E-state index contributed by atoms with van der Waals surface area (Å²) in [5.41, 5.74) is -1.58. The average molecular weight is 288 g/mol. The first-order chi connectivity index (χ1) is 8.99. The van der Waals surface area contributed by atoms with Crippen molar-refractivity contribution in [3.63, 3.8) is 0 Å². The molecule has 0 aliphatic heterocycles. The van der Waals surface area contributed by atoms with E-state index in [0.717, 1.165) is 0 Å². The number of carbonyl (C=O) groups is 1. The van der Waals surface area contributed by atoms with Crippen LogP contribution in [0.25, 0.3) is 0 Å². The molecule has 0 spiro atoms. The molecule has 0 radical (unpaired) electrons. The van der Waals surface area contributed by atoms with Gasteiger partial charge in [-0.05, 0) is 13.5 Å². The third-order valence-electron chi connectivity index (χ3n) is 2.42. The van der Waals surface area contributed by atoms with Gasteiger partial charge < -0.3 is 10.1 Å². The summed E-state index contributed by atoms with van der Waals surface area (Å²) in [4.78, 5) is 37.1. The number of methoxy groups -OCH3 is 1. The van der Waals surface area contributed by atoms with Crippen LogP contribution in [0.4, 0.5) is 0 Å². The molecule has 0 fully saturated rings. The molecule has 106 valence electrons. The number of aryl methyl sites for hydroxylation is 1. The highest BCUT2D eigenvalue weighted by Crippen LogP contribution is 2.13. The normalized spacial score (nSPS) is 12.2. The molecule has 1 aromatic rings. The van der Waals surface area contributed by atoms with E-state index in [0.29, 0.717) is 17.3 Å². The SMILES string of the molecule is CNC(CCSc1nc(=O)c(=O)[nH]n1C)C(=O)OC. The molecule has 1 aromatic heterocycles. The van der Waals surface area contributed by atoms with Gasteiger partial charge in [0.2, 0.25) is 0 Å². The van der Waals surface area contributed by atoms with E-state index in [-0.39, 0.29) is 5.97 Å². The third-order valence-corrected chi connectivity index (χ3v) is 3.48. The summed E-state index contributed by atoms with van der Waals surface area (Å²) in [6.07, 6.45) is 0.517. The average Bonchev–Trinajstić information content (AvgIpc) is 2.39. The van der Waals surface area contributed by atoms with Crippen LogP contribution in [0.5, 0.6) is 0 Å². The zero-order valence-electron chi connectivity index (χ0n) is 10.9. The third kappa shape index (κ3) is 4.21. The standard InChI is InChI=1S/C10H16N4O4S/c1-11-6(9(17)18-3)4-5-19-10-12-7(15)8(16)13-14(10)2/h6,11H,4-5H2,1-3H3,(H,13,16). The molecule has 0 bridgehead atoms. The Labute approximate surface area is 113 Å². The molecule has 19 heavy (non-hydrogen) atoms. The second-order valence-electron chi connectivity index (χ2n) is 3.70. The summed E-state index contributed by atoms with van der Waals surface area (Å²) in [7, 11) is 4.58. The Kier molecular flexibility index (Phi) is 5.77. The van der Waals surface area contributed by atoms with Crippen molar-refractivity contribution in [2.75, 3.05) is 19.9 Å². The minimum absolute atomic E-state index is 0.341. The number of carbonyl (C=O) groups excluding carboxylic acids is 1. The minimum Gasteiger partial charge on any atom is -0.468 e. The summed E-state index contributed by atoms with van der Waals surface area (Å²) in [5.74, 6) is 0.207. The fourth-order valence-corrected chi connectivity index (χ4v) is 2.30. The summed E-state index contributed by atoms with van der Waals surface area (Å²) < 4.78 is 6.01. The fraction of sp³-hybridized carbons (Fsp3) is 0.600. The van der Waals surface area contributed by atoms with Gasteiger partial charge in [0.15, 0.2) is 5.16 Å². The van der Waals surface area contributed by atoms with Crippen molar-refractivity contribution in [1.82, 2.24) is 20.1 Å². The number of rotatable bonds is 6. The van der Waals surface area contributed by atoms with Crippen molar-refractivity contribution in [2.45, 2.75) is 17.6 Å². The number of nitrogens with zero attached hydrogens (tertiary/aromatic N) is 2. The molecule has 0 saturated heterocycles. The molecular formula is C10H16N4O4S. The Balaban J connectivity index is 2.63. The molecule has 0 aromatic carbocycles. The maximum Gasteiger partial charge on any atom is 0.339 e. The molecule has 1 heterocycles. The van der Waals surface area contributed by atoms with E-state index >= 15 is 0 Å². The van der Waals surface area contributed by atoms with E-state index < -0.39 is 17.2 Å². The summed E-state index contributed by atoms with van der Waals surface area (Å²) in [5, 5.41) is 5.58. The fourth-order valence-electron chi connectivity index (χ4n) is 1.38. The summed E-state index contributed by atoms with van der Waals surface area (Å²) >= 11 is 1.28. The number of hydrogen-bond donors (Lipinski definition) is 2. The number of nitrogens with one attached hydrogen (secondary N) is 2. The van der Waals surface area contributed by atoms with Crippen LogP contribution in [-0.2, 0) is 16.6 Å². The second kappa shape index (κ2) is 7.10. The van der Waals surface area contributed by atoms with Gasteiger partial charge in [0.25, 0.3) is 0 Å². The lowest BCUT2D eigenvalue weighted by Gasteiger charge is -2.13. The smallest absolute Gasteiger partial charge is 0.339 e. The molecule has 1 atom stereocenters. The van der Waals surface area contributed by atoms with Gasteiger partial charge in [-0.3, -0.25) is 24.2 Å². The number of aromatic nitrogens is 3. The van der Waals surface area contributed by atoms with Crippen molar-refractivity contribution in [3.05, 3.63) is 20.7 Å². The molecular weight excluding hydrogens is 272 g/mol. The maximum absolute atomic E-state index is 11.3. The van der Waals surface area contributed by atoms with E-state index in [1.807, 2.05) is 0 Å². The topological polar surface area (TPSA) is 106 Å². The molecule has 1 rings (SSSR count). The van der Waals surface area contributed by atoms with E-state index in [9.17, 15) is 14.4 Å². The van der Waals surface area contributed by atoms with Crippen molar-refractivity contribution < 1.29 is 9.53 Å². The number of esters is 1. The van der Waals surface area contributed by atoms with Gasteiger partial charge in [-0.1, -0.05) is 11.8 Å². The van der Waals surface area contributed by atoms with E-state index in [1.165, 1.54) is 23.6 Å². The van der Waals surface area contributed by atoms with Crippen LogP contribution in [0.2, 0.25) is 0 Å². The highest BCUT2D eigenvalue weighted by atomic mass is 32.2. The second-order valence-corrected chi connectivity index (χ2v) is 4.76. The number of aromatic amines is 1. The quantitative estimate of drug-likeness (QED) is 0.381. The largest absolute Gasteiger partial charge is 0.468 e. The van der Waals surface area contributed by atoms with Gasteiger partial charge in [-0.15, -0.1) is 0 Å². The van der Waals surface area contributed by atoms with Crippen LogP contribution in [0.15, 0.2) is 14.7 Å². The first kappa shape index (κ1) is 15.4. The lowest BCUT2D eigenvalue weighted by atomic mass is 10.2.